The number of aryl methyl sites for hydroxylation is 2. The maximum Gasteiger partial charge on any atom is 0.207 e. The SMILES string of the molecule is CCC1Oc2cc(C)cc(C)c2C1=O. The maximum atomic E-state index is 11.8. The average molecular weight is 190 g/mol. The van der Waals surface area contributed by atoms with Crippen molar-refractivity contribution in [2.75, 3.05) is 0 Å². The molecule has 0 saturated heterocycles. The van der Waals surface area contributed by atoms with Crippen LogP contribution < -0.4 is 4.74 Å². The van der Waals surface area contributed by atoms with Crippen LogP contribution in [0.4, 0.5) is 0 Å². The Kier molecular flexibility index (Phi) is 2.06. The van der Waals surface area contributed by atoms with E-state index in [2.05, 4.69) is 0 Å². The van der Waals surface area contributed by atoms with Gasteiger partial charge in [0.05, 0.1) is 5.56 Å². The van der Waals surface area contributed by atoms with Gasteiger partial charge in [0.2, 0.25) is 5.78 Å². The molecule has 74 valence electrons. The Bertz CT molecular complexity index is 394. The van der Waals surface area contributed by atoms with Gasteiger partial charge in [0, 0.05) is 0 Å². The molecule has 0 amide bonds. The summed E-state index contributed by atoms with van der Waals surface area (Å²) in [5.41, 5.74) is 2.95. The second-order valence-electron chi connectivity index (χ2n) is 3.83. The van der Waals surface area contributed by atoms with Crippen LogP contribution in [-0.4, -0.2) is 11.9 Å². The molecule has 1 atom stereocenters. The summed E-state index contributed by atoms with van der Waals surface area (Å²) in [5, 5.41) is 0. The van der Waals surface area contributed by atoms with Gasteiger partial charge in [-0.1, -0.05) is 13.0 Å². The van der Waals surface area contributed by atoms with Crippen LogP contribution in [0.25, 0.3) is 0 Å². The van der Waals surface area contributed by atoms with Crippen molar-refractivity contribution < 1.29 is 9.53 Å². The second kappa shape index (κ2) is 3.12. The summed E-state index contributed by atoms with van der Waals surface area (Å²) in [6, 6.07) is 3.97. The van der Waals surface area contributed by atoms with Crippen molar-refractivity contribution in [3.63, 3.8) is 0 Å². The predicted octanol–water partition coefficient (Wildman–Crippen LogP) is 2.66. The molecule has 1 aromatic carbocycles. The van der Waals surface area contributed by atoms with Gasteiger partial charge in [0.15, 0.2) is 6.10 Å². The fourth-order valence-corrected chi connectivity index (χ4v) is 1.97. The van der Waals surface area contributed by atoms with Crippen molar-refractivity contribution in [2.45, 2.75) is 33.3 Å². The maximum absolute atomic E-state index is 11.8. The molecule has 2 heteroatoms. The molecule has 0 fully saturated rings. The van der Waals surface area contributed by atoms with E-state index in [0.717, 1.165) is 28.9 Å². The standard InChI is InChI=1S/C12H14O2/c1-4-9-12(13)11-8(3)5-7(2)6-10(11)14-9/h5-6,9H,4H2,1-3H3. The lowest BCUT2D eigenvalue weighted by atomic mass is 10.00. The fourth-order valence-electron chi connectivity index (χ4n) is 1.97. The van der Waals surface area contributed by atoms with E-state index in [-0.39, 0.29) is 11.9 Å². The summed E-state index contributed by atoms with van der Waals surface area (Å²) in [4.78, 5) is 11.8. The molecule has 1 aliphatic heterocycles. The van der Waals surface area contributed by atoms with Crippen LogP contribution in [0, 0.1) is 13.8 Å². The largest absolute Gasteiger partial charge is 0.481 e. The van der Waals surface area contributed by atoms with Crippen molar-refractivity contribution in [3.05, 3.63) is 28.8 Å². The lowest BCUT2D eigenvalue weighted by Crippen LogP contribution is -2.18. The third kappa shape index (κ3) is 1.22. The van der Waals surface area contributed by atoms with E-state index in [9.17, 15) is 4.79 Å². The summed E-state index contributed by atoms with van der Waals surface area (Å²) < 4.78 is 5.58. The number of hydrogen-bond acceptors (Lipinski definition) is 2. The van der Waals surface area contributed by atoms with Crippen LogP contribution >= 0.6 is 0 Å². The van der Waals surface area contributed by atoms with Gasteiger partial charge in [-0.25, -0.2) is 0 Å². The molecule has 14 heavy (non-hydrogen) atoms. The molecule has 1 unspecified atom stereocenters. The van der Waals surface area contributed by atoms with Crippen LogP contribution in [0.2, 0.25) is 0 Å². The number of ketones is 1. The predicted molar refractivity (Wildman–Crippen MR) is 55.0 cm³/mol. The Balaban J connectivity index is 2.54. The van der Waals surface area contributed by atoms with E-state index in [1.807, 2.05) is 32.9 Å². The van der Waals surface area contributed by atoms with Crippen LogP contribution in [0.5, 0.6) is 5.75 Å². The second-order valence-corrected chi connectivity index (χ2v) is 3.83. The molecule has 0 saturated carbocycles. The summed E-state index contributed by atoms with van der Waals surface area (Å²) in [7, 11) is 0. The number of carbonyl (C=O) groups excluding carboxylic acids is 1. The monoisotopic (exact) mass is 190 g/mol. The Morgan fingerprint density at radius 1 is 1.36 bits per heavy atom. The topological polar surface area (TPSA) is 26.3 Å². The number of carbonyl (C=O) groups is 1. The zero-order valence-corrected chi connectivity index (χ0v) is 8.76. The Morgan fingerprint density at radius 3 is 2.71 bits per heavy atom. The van der Waals surface area contributed by atoms with Gasteiger partial charge < -0.3 is 4.74 Å². The van der Waals surface area contributed by atoms with Crippen molar-refractivity contribution in [1.82, 2.24) is 0 Å². The first-order valence-electron chi connectivity index (χ1n) is 4.95. The molecule has 0 bridgehead atoms. The van der Waals surface area contributed by atoms with Crippen molar-refractivity contribution >= 4 is 5.78 Å². The van der Waals surface area contributed by atoms with E-state index >= 15 is 0 Å². The third-order valence-corrected chi connectivity index (χ3v) is 2.62. The van der Waals surface area contributed by atoms with Gasteiger partial charge in [-0.05, 0) is 37.5 Å². The van der Waals surface area contributed by atoms with Gasteiger partial charge in [-0.3, -0.25) is 4.79 Å². The zero-order valence-electron chi connectivity index (χ0n) is 8.76. The summed E-state index contributed by atoms with van der Waals surface area (Å²) >= 11 is 0. The number of ether oxygens (including phenoxy) is 1. The first kappa shape index (κ1) is 9.25. The summed E-state index contributed by atoms with van der Waals surface area (Å²) in [6.07, 6.45) is 0.483. The zero-order chi connectivity index (χ0) is 10.3. The molecule has 1 heterocycles. The van der Waals surface area contributed by atoms with Gasteiger partial charge in [0.25, 0.3) is 0 Å². The molecule has 1 aliphatic rings. The molecule has 0 aromatic heterocycles. The summed E-state index contributed by atoms with van der Waals surface area (Å²) in [6.45, 7) is 5.95. The molecule has 0 radical (unpaired) electrons. The Morgan fingerprint density at radius 2 is 2.07 bits per heavy atom. The van der Waals surface area contributed by atoms with Crippen LogP contribution in [0.3, 0.4) is 0 Å². The third-order valence-electron chi connectivity index (χ3n) is 2.62. The smallest absolute Gasteiger partial charge is 0.207 e. The van der Waals surface area contributed by atoms with E-state index < -0.39 is 0 Å². The van der Waals surface area contributed by atoms with Gasteiger partial charge >= 0.3 is 0 Å². The van der Waals surface area contributed by atoms with Crippen LogP contribution in [-0.2, 0) is 0 Å². The quantitative estimate of drug-likeness (QED) is 0.680. The highest BCUT2D eigenvalue weighted by molar-refractivity contribution is 6.05. The first-order chi connectivity index (χ1) is 6.63. The van der Waals surface area contributed by atoms with Crippen molar-refractivity contribution in [3.8, 4) is 5.75 Å². The highest BCUT2D eigenvalue weighted by atomic mass is 16.5. The number of fused-ring (bicyclic) bond motifs is 1. The number of rotatable bonds is 1. The Labute approximate surface area is 83.9 Å². The minimum absolute atomic E-state index is 0.139. The molecule has 2 rings (SSSR count). The van der Waals surface area contributed by atoms with E-state index in [1.165, 1.54) is 0 Å². The van der Waals surface area contributed by atoms with E-state index in [1.54, 1.807) is 0 Å². The first-order valence-corrected chi connectivity index (χ1v) is 4.95. The van der Waals surface area contributed by atoms with E-state index in [4.69, 9.17) is 4.74 Å². The molecular weight excluding hydrogens is 176 g/mol. The number of Topliss-reactive ketones (excluding diaryl/α,β-unsaturated/α-hetero) is 1. The van der Waals surface area contributed by atoms with Crippen molar-refractivity contribution in [1.29, 1.82) is 0 Å². The van der Waals surface area contributed by atoms with E-state index in [0.29, 0.717) is 0 Å². The minimum Gasteiger partial charge on any atom is -0.481 e. The van der Waals surface area contributed by atoms with Crippen molar-refractivity contribution in [2.24, 2.45) is 0 Å². The average Bonchev–Trinajstić information content (AvgIpc) is 2.42. The lowest BCUT2D eigenvalue weighted by molar-refractivity contribution is 0.0852. The molecular formula is C12H14O2. The minimum atomic E-state index is -0.259. The molecule has 0 aliphatic carbocycles. The molecule has 0 spiro atoms. The fraction of sp³-hybridized carbons (Fsp3) is 0.417. The summed E-state index contributed by atoms with van der Waals surface area (Å²) in [5.74, 6) is 0.902. The molecule has 0 N–H and O–H groups in total. The van der Waals surface area contributed by atoms with Crippen LogP contribution in [0.15, 0.2) is 12.1 Å². The lowest BCUT2D eigenvalue weighted by Gasteiger charge is -2.04. The molecule has 1 aromatic rings. The van der Waals surface area contributed by atoms with Gasteiger partial charge in [-0.2, -0.15) is 0 Å². The number of benzene rings is 1. The normalized spacial score (nSPS) is 19.4. The molecule has 2 nitrogen and oxygen atoms in total. The number of hydrogen-bond donors (Lipinski definition) is 0. The van der Waals surface area contributed by atoms with Gasteiger partial charge in [0.1, 0.15) is 5.75 Å². The van der Waals surface area contributed by atoms with Crippen LogP contribution in [0.1, 0.15) is 34.8 Å². The highest BCUT2D eigenvalue weighted by Gasteiger charge is 2.32. The van der Waals surface area contributed by atoms with Gasteiger partial charge in [-0.15, -0.1) is 0 Å². The highest BCUT2D eigenvalue weighted by Crippen LogP contribution is 2.33. The Hall–Kier alpha value is -1.31.